The molecule has 160 valence electrons. The molecule has 1 aliphatic rings. The molecule has 31 heavy (non-hydrogen) atoms. The van der Waals surface area contributed by atoms with Crippen LogP contribution in [0.15, 0.2) is 66.9 Å². The number of hydrogen-bond acceptors (Lipinski definition) is 7. The van der Waals surface area contributed by atoms with Gasteiger partial charge < -0.3 is 5.32 Å². The molecule has 0 spiro atoms. The third-order valence-electron chi connectivity index (χ3n) is 4.55. The molecule has 1 fully saturated rings. The van der Waals surface area contributed by atoms with Crippen LogP contribution in [0.3, 0.4) is 0 Å². The minimum Gasteiger partial charge on any atom is -0.323 e. The number of carbonyl (C=O) groups excluding carboxylic acids is 1. The van der Waals surface area contributed by atoms with Crippen molar-refractivity contribution in [2.75, 3.05) is 5.32 Å². The second-order valence-electron chi connectivity index (χ2n) is 6.77. The van der Waals surface area contributed by atoms with E-state index in [0.717, 1.165) is 6.07 Å². The van der Waals surface area contributed by atoms with Crippen LogP contribution in [0.1, 0.15) is 16.8 Å². The number of rotatable bonds is 6. The third kappa shape index (κ3) is 3.98. The minimum atomic E-state index is -4.48. The van der Waals surface area contributed by atoms with E-state index in [2.05, 4.69) is 20.0 Å². The number of hydroxylamine groups is 1. The topological polar surface area (TPSA) is 114 Å². The maximum absolute atomic E-state index is 14.7. The van der Waals surface area contributed by atoms with Gasteiger partial charge in [-0.1, -0.05) is 53.0 Å². The Morgan fingerprint density at radius 1 is 1.13 bits per heavy atom. The summed E-state index contributed by atoms with van der Waals surface area (Å²) in [6, 6.07) is 15.6. The Morgan fingerprint density at radius 3 is 2.55 bits per heavy atom. The fourth-order valence-corrected chi connectivity index (χ4v) is 4.38. The quantitative estimate of drug-likeness (QED) is 0.599. The molecule has 1 atom stereocenters. The number of amides is 1. The first-order valence-corrected chi connectivity index (χ1v) is 10.6. The molecule has 1 amide bonds. The smallest absolute Gasteiger partial charge is 0.323 e. The van der Waals surface area contributed by atoms with Gasteiger partial charge in [-0.2, -0.15) is 13.1 Å². The van der Waals surface area contributed by atoms with Crippen LogP contribution in [0.4, 0.5) is 10.3 Å². The maximum atomic E-state index is 14.7. The van der Waals surface area contributed by atoms with Gasteiger partial charge in [-0.25, -0.2) is 14.4 Å². The number of benzene rings is 2. The van der Waals surface area contributed by atoms with E-state index < -0.39 is 27.6 Å². The normalized spacial score (nSPS) is 20.1. The van der Waals surface area contributed by atoms with Crippen molar-refractivity contribution >= 4 is 22.1 Å². The largest absolute Gasteiger partial charge is 0.329 e. The Balaban J connectivity index is 1.76. The van der Waals surface area contributed by atoms with Crippen molar-refractivity contribution in [3.8, 4) is 0 Å². The minimum absolute atomic E-state index is 0.0655. The van der Waals surface area contributed by atoms with Gasteiger partial charge in [0, 0.05) is 17.5 Å². The number of halogens is 1. The summed E-state index contributed by atoms with van der Waals surface area (Å²) in [5.41, 5.74) is -1.29. The number of anilines is 1. The van der Waals surface area contributed by atoms with Crippen molar-refractivity contribution < 1.29 is 22.4 Å². The molecule has 1 aliphatic heterocycles. The SMILES string of the molecule is Cc1ccnc(NC2(c3ccccc3F)NS(=O)(=O)N(OCc3ccccc3)C2=O)n1. The van der Waals surface area contributed by atoms with Crippen LogP contribution in [0.2, 0.25) is 0 Å². The standard InChI is InChI=1S/C20H18FN5O4S/c1-14-11-12-22-19(23-14)24-20(16-9-5-6-10-17(16)21)18(27)26(31(28,29)25-20)30-13-15-7-3-2-4-8-15/h2-12,25H,13H2,1H3,(H,22,23,24). The summed E-state index contributed by atoms with van der Waals surface area (Å²) in [6.07, 6.45) is 1.43. The van der Waals surface area contributed by atoms with Gasteiger partial charge in [-0.15, -0.1) is 0 Å². The second-order valence-corrected chi connectivity index (χ2v) is 8.26. The van der Waals surface area contributed by atoms with Gasteiger partial charge in [-0.05, 0) is 24.6 Å². The highest BCUT2D eigenvalue weighted by Gasteiger charge is 2.59. The summed E-state index contributed by atoms with van der Waals surface area (Å²) in [6.45, 7) is 1.50. The van der Waals surface area contributed by atoms with Crippen LogP contribution in [0.5, 0.6) is 0 Å². The van der Waals surface area contributed by atoms with Crippen molar-refractivity contribution in [3.63, 3.8) is 0 Å². The van der Waals surface area contributed by atoms with Crippen molar-refractivity contribution in [2.45, 2.75) is 19.2 Å². The molecule has 1 saturated heterocycles. The van der Waals surface area contributed by atoms with Gasteiger partial charge in [0.2, 0.25) is 11.6 Å². The molecule has 0 radical (unpaired) electrons. The third-order valence-corrected chi connectivity index (χ3v) is 5.82. The fourth-order valence-electron chi connectivity index (χ4n) is 3.12. The summed E-state index contributed by atoms with van der Waals surface area (Å²) in [5.74, 6) is -1.95. The van der Waals surface area contributed by atoms with E-state index in [-0.39, 0.29) is 22.6 Å². The average Bonchev–Trinajstić information content (AvgIpc) is 2.93. The van der Waals surface area contributed by atoms with Gasteiger partial charge in [0.15, 0.2) is 0 Å². The Morgan fingerprint density at radius 2 is 1.84 bits per heavy atom. The molecule has 2 heterocycles. The molecular weight excluding hydrogens is 425 g/mol. The molecule has 0 saturated carbocycles. The number of aryl methyl sites for hydroxylation is 1. The van der Waals surface area contributed by atoms with Gasteiger partial charge in [-0.3, -0.25) is 9.63 Å². The van der Waals surface area contributed by atoms with Crippen molar-refractivity contribution in [1.29, 1.82) is 0 Å². The van der Waals surface area contributed by atoms with E-state index in [0.29, 0.717) is 11.3 Å². The van der Waals surface area contributed by atoms with E-state index in [1.807, 2.05) is 0 Å². The zero-order valence-corrected chi connectivity index (χ0v) is 17.1. The van der Waals surface area contributed by atoms with Gasteiger partial charge >= 0.3 is 16.1 Å². The molecule has 2 N–H and O–H groups in total. The first-order chi connectivity index (χ1) is 14.8. The first-order valence-electron chi connectivity index (χ1n) is 9.20. The zero-order valence-electron chi connectivity index (χ0n) is 16.3. The van der Waals surface area contributed by atoms with E-state index in [4.69, 9.17) is 4.84 Å². The molecule has 11 heteroatoms. The Kier molecular flexibility index (Phi) is 5.39. The Labute approximate surface area is 178 Å². The lowest BCUT2D eigenvalue weighted by Gasteiger charge is -2.27. The maximum Gasteiger partial charge on any atom is 0.329 e. The van der Waals surface area contributed by atoms with Crippen LogP contribution >= 0.6 is 0 Å². The molecular formula is C20H18FN5O4S. The first kappa shape index (κ1) is 20.8. The monoisotopic (exact) mass is 443 g/mol. The Bertz CT molecular complexity index is 1230. The van der Waals surface area contributed by atoms with Crippen molar-refractivity contribution in [2.24, 2.45) is 0 Å². The number of nitrogens with zero attached hydrogens (tertiary/aromatic N) is 3. The van der Waals surface area contributed by atoms with Crippen molar-refractivity contribution in [1.82, 2.24) is 19.2 Å². The number of hydrogen-bond donors (Lipinski definition) is 2. The highest BCUT2D eigenvalue weighted by atomic mass is 32.2. The molecule has 0 bridgehead atoms. The predicted molar refractivity (Wildman–Crippen MR) is 109 cm³/mol. The molecule has 9 nitrogen and oxygen atoms in total. The van der Waals surface area contributed by atoms with Crippen LogP contribution in [0.25, 0.3) is 0 Å². The molecule has 3 aromatic rings. The average molecular weight is 443 g/mol. The number of aromatic nitrogens is 2. The molecule has 1 aromatic heterocycles. The van der Waals surface area contributed by atoms with Crippen molar-refractivity contribution in [3.05, 3.63) is 89.5 Å². The van der Waals surface area contributed by atoms with Gasteiger partial charge in [0.05, 0.1) is 0 Å². The fraction of sp³-hybridized carbons (Fsp3) is 0.150. The lowest BCUT2D eigenvalue weighted by molar-refractivity contribution is -0.163. The van der Waals surface area contributed by atoms with Crippen LogP contribution in [-0.2, 0) is 32.1 Å². The molecule has 4 rings (SSSR count). The van der Waals surface area contributed by atoms with E-state index in [1.165, 1.54) is 24.4 Å². The zero-order chi connectivity index (χ0) is 22.1. The summed E-state index contributed by atoms with van der Waals surface area (Å²) < 4.78 is 42.8. The van der Waals surface area contributed by atoms with E-state index in [9.17, 15) is 17.6 Å². The second kappa shape index (κ2) is 8.02. The summed E-state index contributed by atoms with van der Waals surface area (Å²) in [5, 5.41) is 2.66. The summed E-state index contributed by atoms with van der Waals surface area (Å²) in [4.78, 5) is 26.9. The highest BCUT2D eigenvalue weighted by molar-refractivity contribution is 7.88. The molecule has 1 unspecified atom stereocenters. The van der Waals surface area contributed by atoms with Crippen LogP contribution in [-0.4, -0.2) is 28.8 Å². The summed E-state index contributed by atoms with van der Waals surface area (Å²) in [7, 11) is -4.48. The summed E-state index contributed by atoms with van der Waals surface area (Å²) >= 11 is 0. The lowest BCUT2D eigenvalue weighted by atomic mass is 9.99. The number of nitrogens with one attached hydrogen (secondary N) is 2. The predicted octanol–water partition coefficient (Wildman–Crippen LogP) is 2.00. The lowest BCUT2D eigenvalue weighted by Crippen LogP contribution is -2.52. The van der Waals surface area contributed by atoms with Gasteiger partial charge in [0.25, 0.3) is 0 Å². The number of carbonyl (C=O) groups is 1. The van der Waals surface area contributed by atoms with Crippen LogP contribution < -0.4 is 10.0 Å². The van der Waals surface area contributed by atoms with E-state index in [1.54, 1.807) is 43.3 Å². The Hall–Kier alpha value is -3.41. The molecule has 2 aromatic carbocycles. The van der Waals surface area contributed by atoms with Crippen LogP contribution in [0, 0.1) is 12.7 Å². The van der Waals surface area contributed by atoms with Gasteiger partial charge in [0.1, 0.15) is 12.4 Å². The molecule has 0 aliphatic carbocycles. The highest BCUT2D eigenvalue weighted by Crippen LogP contribution is 2.34. The van der Waals surface area contributed by atoms with E-state index >= 15 is 0 Å².